The van der Waals surface area contributed by atoms with Gasteiger partial charge in [0, 0.05) is 5.57 Å². The number of ether oxygens (including phenoxy) is 1. The predicted molar refractivity (Wildman–Crippen MR) is 80.5 cm³/mol. The largest absolute Gasteiger partial charge is 0.466 e. The van der Waals surface area contributed by atoms with E-state index >= 15 is 0 Å². The number of carbonyl (C=O) groups is 1. The topological polar surface area (TPSA) is 46.5 Å². The molecule has 0 spiro atoms. The monoisotopic (exact) mass is 280 g/mol. The molecule has 0 amide bonds. The van der Waals surface area contributed by atoms with Crippen molar-refractivity contribution in [1.29, 1.82) is 0 Å². The van der Waals surface area contributed by atoms with Gasteiger partial charge in [0.2, 0.25) is 0 Å². The van der Waals surface area contributed by atoms with Crippen molar-refractivity contribution in [3.05, 3.63) is 76.9 Å². The second-order valence-electron chi connectivity index (χ2n) is 5.23. The summed E-state index contributed by atoms with van der Waals surface area (Å²) in [6, 6.07) is 17.1. The summed E-state index contributed by atoms with van der Waals surface area (Å²) in [7, 11) is 1.33. The van der Waals surface area contributed by atoms with E-state index in [2.05, 4.69) is 0 Å². The molecule has 0 radical (unpaired) electrons. The van der Waals surface area contributed by atoms with Crippen molar-refractivity contribution in [2.75, 3.05) is 7.11 Å². The fourth-order valence-electron chi connectivity index (χ4n) is 2.95. The number of hydrogen-bond donors (Lipinski definition) is 1. The van der Waals surface area contributed by atoms with Crippen LogP contribution in [0.15, 0.2) is 60.2 Å². The summed E-state index contributed by atoms with van der Waals surface area (Å²) in [6.45, 7) is 1.63. The van der Waals surface area contributed by atoms with Crippen molar-refractivity contribution < 1.29 is 14.6 Å². The summed E-state index contributed by atoms with van der Waals surface area (Å²) < 4.78 is 4.90. The highest BCUT2D eigenvalue weighted by atomic mass is 16.5. The molecule has 0 saturated carbocycles. The molecule has 1 aliphatic carbocycles. The number of hydrogen-bond acceptors (Lipinski definition) is 3. The van der Waals surface area contributed by atoms with Crippen molar-refractivity contribution in [2.24, 2.45) is 0 Å². The minimum Gasteiger partial charge on any atom is -0.466 e. The lowest BCUT2D eigenvalue weighted by Crippen LogP contribution is -2.27. The summed E-state index contributed by atoms with van der Waals surface area (Å²) in [5.74, 6) is -0.505. The van der Waals surface area contributed by atoms with Gasteiger partial charge in [-0.1, -0.05) is 54.6 Å². The van der Waals surface area contributed by atoms with Crippen molar-refractivity contribution in [2.45, 2.75) is 12.5 Å². The Balaban J connectivity index is 2.35. The lowest BCUT2D eigenvalue weighted by molar-refractivity contribution is -0.138. The van der Waals surface area contributed by atoms with Gasteiger partial charge in [-0.15, -0.1) is 0 Å². The average molecular weight is 280 g/mol. The van der Waals surface area contributed by atoms with Gasteiger partial charge in [0.15, 0.2) is 0 Å². The van der Waals surface area contributed by atoms with E-state index < -0.39 is 11.6 Å². The van der Waals surface area contributed by atoms with Gasteiger partial charge >= 0.3 is 5.97 Å². The van der Waals surface area contributed by atoms with Crippen LogP contribution in [-0.2, 0) is 15.1 Å². The Morgan fingerprint density at radius 2 is 1.67 bits per heavy atom. The van der Waals surface area contributed by atoms with Gasteiger partial charge in [-0.2, -0.15) is 0 Å². The third kappa shape index (κ3) is 1.98. The molecule has 2 aromatic carbocycles. The third-order valence-corrected chi connectivity index (χ3v) is 3.91. The van der Waals surface area contributed by atoms with Crippen molar-refractivity contribution in [3.8, 4) is 0 Å². The third-order valence-electron chi connectivity index (χ3n) is 3.91. The van der Waals surface area contributed by atoms with E-state index in [1.54, 1.807) is 6.92 Å². The minimum absolute atomic E-state index is 0.289. The Hall–Kier alpha value is -2.39. The second kappa shape index (κ2) is 4.86. The Bertz CT molecular complexity index is 727. The molecule has 1 unspecified atom stereocenters. The van der Waals surface area contributed by atoms with Gasteiger partial charge < -0.3 is 9.84 Å². The Morgan fingerprint density at radius 1 is 1.05 bits per heavy atom. The van der Waals surface area contributed by atoms with Gasteiger partial charge in [0.25, 0.3) is 0 Å². The summed E-state index contributed by atoms with van der Waals surface area (Å²) >= 11 is 0. The number of methoxy groups -OCH3 is 1. The summed E-state index contributed by atoms with van der Waals surface area (Å²) in [6.07, 6.45) is 0. The number of aliphatic hydroxyl groups is 1. The fraction of sp³-hybridized carbons (Fsp3) is 0.167. The van der Waals surface area contributed by atoms with E-state index in [0.29, 0.717) is 0 Å². The summed E-state index contributed by atoms with van der Waals surface area (Å²) in [5, 5.41) is 10.9. The van der Waals surface area contributed by atoms with Gasteiger partial charge in [0.1, 0.15) is 5.60 Å². The Morgan fingerprint density at radius 3 is 2.33 bits per heavy atom. The maximum atomic E-state index is 12.2. The molecule has 0 heterocycles. The first-order valence-corrected chi connectivity index (χ1v) is 6.78. The van der Waals surface area contributed by atoms with Crippen LogP contribution in [-0.4, -0.2) is 18.2 Å². The van der Waals surface area contributed by atoms with Crippen LogP contribution < -0.4 is 0 Å². The normalized spacial score (nSPS) is 20.3. The Kier molecular flexibility index (Phi) is 3.15. The zero-order valence-corrected chi connectivity index (χ0v) is 12.0. The molecular weight excluding hydrogens is 264 g/mol. The summed E-state index contributed by atoms with van der Waals surface area (Å²) in [4.78, 5) is 12.2. The molecule has 3 rings (SSSR count). The van der Waals surface area contributed by atoms with Crippen LogP contribution in [0.25, 0.3) is 5.57 Å². The zero-order chi connectivity index (χ0) is 15.0. The molecule has 1 atom stereocenters. The van der Waals surface area contributed by atoms with Gasteiger partial charge in [0.05, 0.1) is 12.7 Å². The molecule has 21 heavy (non-hydrogen) atoms. The van der Waals surface area contributed by atoms with E-state index in [-0.39, 0.29) is 5.57 Å². The van der Waals surface area contributed by atoms with Crippen molar-refractivity contribution >= 4 is 11.5 Å². The molecular formula is C18H16O3. The van der Waals surface area contributed by atoms with E-state index in [0.717, 1.165) is 22.3 Å². The minimum atomic E-state index is -1.35. The molecule has 0 fully saturated rings. The smallest absolute Gasteiger partial charge is 0.337 e. The van der Waals surface area contributed by atoms with E-state index in [1.165, 1.54) is 7.11 Å². The van der Waals surface area contributed by atoms with Crippen LogP contribution >= 0.6 is 0 Å². The van der Waals surface area contributed by atoms with Gasteiger partial charge in [-0.25, -0.2) is 4.79 Å². The lowest BCUT2D eigenvalue weighted by Gasteiger charge is -2.21. The predicted octanol–water partition coefficient (Wildman–Crippen LogP) is 2.88. The van der Waals surface area contributed by atoms with Gasteiger partial charge in [-0.05, 0) is 23.6 Å². The highest BCUT2D eigenvalue weighted by Crippen LogP contribution is 2.47. The lowest BCUT2D eigenvalue weighted by atomic mass is 9.92. The fourth-order valence-corrected chi connectivity index (χ4v) is 2.95. The number of carbonyl (C=O) groups excluding carboxylic acids is 1. The second-order valence-corrected chi connectivity index (χ2v) is 5.23. The maximum absolute atomic E-state index is 12.2. The molecule has 0 bridgehead atoms. The van der Waals surface area contributed by atoms with E-state index in [1.807, 2.05) is 54.6 Å². The van der Waals surface area contributed by atoms with Crippen LogP contribution in [0, 0.1) is 0 Å². The van der Waals surface area contributed by atoms with Crippen LogP contribution in [0.1, 0.15) is 23.6 Å². The first-order chi connectivity index (χ1) is 10.1. The molecule has 0 aromatic heterocycles. The first-order valence-electron chi connectivity index (χ1n) is 6.78. The molecule has 3 nitrogen and oxygen atoms in total. The van der Waals surface area contributed by atoms with Gasteiger partial charge in [-0.3, -0.25) is 0 Å². The molecule has 3 heteroatoms. The number of esters is 1. The molecule has 2 aromatic rings. The zero-order valence-electron chi connectivity index (χ0n) is 12.0. The molecule has 0 aliphatic heterocycles. The highest BCUT2D eigenvalue weighted by molar-refractivity contribution is 6.07. The molecule has 0 saturated heterocycles. The maximum Gasteiger partial charge on any atom is 0.337 e. The average Bonchev–Trinajstić information content (AvgIpc) is 2.76. The summed E-state index contributed by atoms with van der Waals surface area (Å²) in [5.41, 5.74) is 2.16. The molecule has 1 N–H and O–H groups in total. The Labute approximate surface area is 123 Å². The molecule has 1 aliphatic rings. The van der Waals surface area contributed by atoms with Crippen molar-refractivity contribution in [3.63, 3.8) is 0 Å². The van der Waals surface area contributed by atoms with Crippen LogP contribution in [0.2, 0.25) is 0 Å². The number of benzene rings is 2. The standard InChI is InChI=1S/C18H16O3/c1-18(20)14-11-7-6-10-13(14)15(16(18)17(19)21-2)12-8-4-3-5-9-12/h3-11,20H,1-2H3. The van der Waals surface area contributed by atoms with E-state index in [4.69, 9.17) is 4.74 Å². The SMILES string of the molecule is COC(=O)C1=C(c2ccccc2)c2ccccc2C1(C)O. The van der Waals surface area contributed by atoms with Crippen molar-refractivity contribution in [1.82, 2.24) is 0 Å². The molecule has 106 valence electrons. The van der Waals surface area contributed by atoms with Crippen LogP contribution in [0.3, 0.4) is 0 Å². The number of rotatable bonds is 2. The number of fused-ring (bicyclic) bond motifs is 1. The highest BCUT2D eigenvalue weighted by Gasteiger charge is 2.44. The van der Waals surface area contributed by atoms with Crippen LogP contribution in [0.5, 0.6) is 0 Å². The van der Waals surface area contributed by atoms with Crippen LogP contribution in [0.4, 0.5) is 0 Å². The quantitative estimate of drug-likeness (QED) is 0.860. The van der Waals surface area contributed by atoms with E-state index in [9.17, 15) is 9.90 Å². The first kappa shape index (κ1) is 13.6.